The van der Waals surface area contributed by atoms with Gasteiger partial charge in [0.25, 0.3) is 0 Å². The van der Waals surface area contributed by atoms with Crippen LogP contribution in [0.15, 0.2) is 36.5 Å². The molecule has 0 saturated heterocycles. The largest absolute Gasteiger partial charge is 0.364 e. The van der Waals surface area contributed by atoms with Crippen LogP contribution < -0.4 is 5.32 Å². The molecule has 2 aromatic rings. The standard InChI is InChI=1S/C13H14N2/c1-13(7-8-13)15-12-11-5-3-2-4-10(11)6-9-14-12/h2-6,9H,7-8H2,1H3,(H,14,15). The summed E-state index contributed by atoms with van der Waals surface area (Å²) >= 11 is 0. The fourth-order valence-corrected chi connectivity index (χ4v) is 1.82. The Kier molecular flexibility index (Phi) is 1.72. The number of hydrogen-bond donors (Lipinski definition) is 1. The van der Waals surface area contributed by atoms with E-state index in [1.165, 1.54) is 23.6 Å². The van der Waals surface area contributed by atoms with Crippen molar-refractivity contribution in [2.24, 2.45) is 0 Å². The second-order valence-corrected chi connectivity index (χ2v) is 4.57. The van der Waals surface area contributed by atoms with Crippen molar-refractivity contribution in [2.75, 3.05) is 5.32 Å². The van der Waals surface area contributed by atoms with Crippen molar-refractivity contribution >= 4 is 16.6 Å². The summed E-state index contributed by atoms with van der Waals surface area (Å²) in [5, 5.41) is 5.99. The van der Waals surface area contributed by atoms with Crippen LogP contribution in [0.2, 0.25) is 0 Å². The summed E-state index contributed by atoms with van der Waals surface area (Å²) < 4.78 is 0. The number of aromatic nitrogens is 1. The van der Waals surface area contributed by atoms with E-state index in [1.807, 2.05) is 6.20 Å². The summed E-state index contributed by atoms with van der Waals surface area (Å²) in [4.78, 5) is 4.42. The number of rotatable bonds is 2. The molecular weight excluding hydrogens is 184 g/mol. The molecule has 0 amide bonds. The third kappa shape index (κ3) is 1.56. The van der Waals surface area contributed by atoms with Gasteiger partial charge >= 0.3 is 0 Å². The minimum atomic E-state index is 0.289. The second kappa shape index (κ2) is 2.96. The molecule has 2 heteroatoms. The van der Waals surface area contributed by atoms with Crippen LogP contribution in [0.25, 0.3) is 10.8 Å². The van der Waals surface area contributed by atoms with E-state index in [4.69, 9.17) is 0 Å². The van der Waals surface area contributed by atoms with E-state index >= 15 is 0 Å². The lowest BCUT2D eigenvalue weighted by Gasteiger charge is -2.13. The van der Waals surface area contributed by atoms with Crippen LogP contribution in [0.3, 0.4) is 0 Å². The van der Waals surface area contributed by atoms with Crippen molar-refractivity contribution in [1.82, 2.24) is 4.98 Å². The SMILES string of the molecule is CC1(Nc2nccc3ccccc23)CC1. The highest BCUT2D eigenvalue weighted by atomic mass is 15.1. The summed E-state index contributed by atoms with van der Waals surface area (Å²) in [7, 11) is 0. The average molecular weight is 198 g/mol. The minimum absolute atomic E-state index is 0.289. The number of pyridine rings is 1. The Hall–Kier alpha value is -1.57. The molecule has 1 aliphatic carbocycles. The third-order valence-electron chi connectivity index (χ3n) is 3.09. The van der Waals surface area contributed by atoms with Crippen LogP contribution >= 0.6 is 0 Å². The van der Waals surface area contributed by atoms with Crippen molar-refractivity contribution in [3.8, 4) is 0 Å². The second-order valence-electron chi connectivity index (χ2n) is 4.57. The number of benzene rings is 1. The van der Waals surface area contributed by atoms with Crippen LogP contribution in [0.1, 0.15) is 19.8 Å². The highest BCUT2D eigenvalue weighted by Gasteiger charge is 2.37. The van der Waals surface area contributed by atoms with Gasteiger partial charge in [0.2, 0.25) is 0 Å². The molecule has 1 fully saturated rings. The Morgan fingerprint density at radius 1 is 1.20 bits per heavy atom. The van der Waals surface area contributed by atoms with E-state index in [2.05, 4.69) is 47.6 Å². The first kappa shape index (κ1) is 8.72. The van der Waals surface area contributed by atoms with E-state index in [9.17, 15) is 0 Å². The van der Waals surface area contributed by atoms with Gasteiger partial charge < -0.3 is 5.32 Å². The van der Waals surface area contributed by atoms with E-state index in [1.54, 1.807) is 0 Å². The van der Waals surface area contributed by atoms with Crippen LogP contribution in [-0.4, -0.2) is 10.5 Å². The van der Waals surface area contributed by atoms with Gasteiger partial charge in [0.05, 0.1) is 0 Å². The predicted octanol–water partition coefficient (Wildman–Crippen LogP) is 3.20. The van der Waals surface area contributed by atoms with Gasteiger partial charge in [-0.3, -0.25) is 0 Å². The molecular formula is C13H14N2. The van der Waals surface area contributed by atoms with Crippen molar-refractivity contribution in [3.63, 3.8) is 0 Å². The number of anilines is 1. The Morgan fingerprint density at radius 3 is 2.80 bits per heavy atom. The van der Waals surface area contributed by atoms with Crippen molar-refractivity contribution in [1.29, 1.82) is 0 Å². The van der Waals surface area contributed by atoms with Crippen LogP contribution in [0.4, 0.5) is 5.82 Å². The fraction of sp³-hybridized carbons (Fsp3) is 0.308. The highest BCUT2D eigenvalue weighted by Crippen LogP contribution is 2.38. The van der Waals surface area contributed by atoms with Crippen molar-refractivity contribution in [3.05, 3.63) is 36.5 Å². The molecule has 1 aliphatic rings. The van der Waals surface area contributed by atoms with Gasteiger partial charge in [-0.2, -0.15) is 0 Å². The summed E-state index contributed by atoms with van der Waals surface area (Å²) in [6.45, 7) is 2.25. The summed E-state index contributed by atoms with van der Waals surface area (Å²) in [5.41, 5.74) is 0.289. The van der Waals surface area contributed by atoms with E-state index in [-0.39, 0.29) is 5.54 Å². The highest BCUT2D eigenvalue weighted by molar-refractivity contribution is 5.91. The molecule has 1 aromatic heterocycles. The molecule has 0 unspecified atom stereocenters. The molecule has 15 heavy (non-hydrogen) atoms. The lowest BCUT2D eigenvalue weighted by molar-refractivity contribution is 0.823. The Labute approximate surface area is 89.3 Å². The van der Waals surface area contributed by atoms with E-state index in [0.717, 1.165) is 5.82 Å². The lowest BCUT2D eigenvalue weighted by atomic mass is 10.1. The Bertz CT molecular complexity index is 495. The molecule has 0 atom stereocenters. The van der Waals surface area contributed by atoms with Crippen molar-refractivity contribution in [2.45, 2.75) is 25.3 Å². The van der Waals surface area contributed by atoms with E-state index in [0.29, 0.717) is 0 Å². The first-order valence-corrected chi connectivity index (χ1v) is 5.39. The maximum Gasteiger partial charge on any atom is 0.134 e. The molecule has 1 N–H and O–H groups in total. The minimum Gasteiger partial charge on any atom is -0.364 e. The maximum atomic E-state index is 4.42. The fourth-order valence-electron chi connectivity index (χ4n) is 1.82. The monoisotopic (exact) mass is 198 g/mol. The normalized spacial score (nSPS) is 17.7. The number of hydrogen-bond acceptors (Lipinski definition) is 2. The van der Waals surface area contributed by atoms with E-state index < -0.39 is 0 Å². The molecule has 1 saturated carbocycles. The zero-order chi connectivity index (χ0) is 10.3. The van der Waals surface area contributed by atoms with Gasteiger partial charge in [-0.05, 0) is 31.2 Å². The van der Waals surface area contributed by atoms with Crippen LogP contribution in [0.5, 0.6) is 0 Å². The van der Waals surface area contributed by atoms with Gasteiger partial charge in [-0.25, -0.2) is 4.98 Å². The number of nitrogens with zero attached hydrogens (tertiary/aromatic N) is 1. The quantitative estimate of drug-likeness (QED) is 0.801. The van der Waals surface area contributed by atoms with Gasteiger partial charge in [-0.15, -0.1) is 0 Å². The molecule has 0 radical (unpaired) electrons. The molecule has 3 rings (SSSR count). The molecule has 0 spiro atoms. The topological polar surface area (TPSA) is 24.9 Å². The van der Waals surface area contributed by atoms with Crippen LogP contribution in [-0.2, 0) is 0 Å². The van der Waals surface area contributed by atoms with Gasteiger partial charge in [0, 0.05) is 17.1 Å². The lowest BCUT2D eigenvalue weighted by Crippen LogP contribution is -2.16. The van der Waals surface area contributed by atoms with Gasteiger partial charge in [-0.1, -0.05) is 24.3 Å². The Balaban J connectivity index is 2.09. The third-order valence-corrected chi connectivity index (χ3v) is 3.09. The first-order chi connectivity index (χ1) is 7.27. The average Bonchev–Trinajstić information content (AvgIpc) is 2.97. The van der Waals surface area contributed by atoms with Gasteiger partial charge in [0.15, 0.2) is 0 Å². The summed E-state index contributed by atoms with van der Waals surface area (Å²) in [6.07, 6.45) is 4.37. The number of nitrogens with one attached hydrogen (secondary N) is 1. The van der Waals surface area contributed by atoms with Gasteiger partial charge in [0.1, 0.15) is 5.82 Å². The first-order valence-electron chi connectivity index (χ1n) is 5.39. The maximum absolute atomic E-state index is 4.42. The molecule has 1 heterocycles. The molecule has 0 aliphatic heterocycles. The summed E-state index contributed by atoms with van der Waals surface area (Å²) in [6, 6.07) is 10.4. The smallest absolute Gasteiger partial charge is 0.134 e. The molecule has 2 nitrogen and oxygen atoms in total. The number of fused-ring (bicyclic) bond motifs is 1. The molecule has 0 bridgehead atoms. The summed E-state index contributed by atoms with van der Waals surface area (Å²) in [5.74, 6) is 1.02. The molecule has 1 aromatic carbocycles. The Morgan fingerprint density at radius 2 is 2.00 bits per heavy atom. The molecule has 76 valence electrons. The predicted molar refractivity (Wildman–Crippen MR) is 63.0 cm³/mol. The zero-order valence-corrected chi connectivity index (χ0v) is 8.83. The van der Waals surface area contributed by atoms with Crippen molar-refractivity contribution < 1.29 is 0 Å². The van der Waals surface area contributed by atoms with Crippen LogP contribution in [0, 0.1) is 0 Å². The zero-order valence-electron chi connectivity index (χ0n) is 8.83.